The summed E-state index contributed by atoms with van der Waals surface area (Å²) in [7, 11) is 0. The number of nitrogens with one attached hydrogen (secondary N) is 2. The van der Waals surface area contributed by atoms with E-state index >= 15 is 0 Å². The quantitative estimate of drug-likeness (QED) is 0.754. The normalized spacial score (nSPS) is 10.0. The van der Waals surface area contributed by atoms with Gasteiger partial charge in [-0.05, 0) is 42.3 Å². The smallest absolute Gasteiger partial charge is 0.313 e. The summed E-state index contributed by atoms with van der Waals surface area (Å²) in [6.07, 6.45) is 0.480. The van der Waals surface area contributed by atoms with E-state index in [1.807, 2.05) is 0 Å². The third-order valence-electron chi connectivity index (χ3n) is 2.90. The number of rotatable bonds is 4. The van der Waals surface area contributed by atoms with Crippen LogP contribution in [0.4, 0.5) is 10.1 Å². The molecule has 0 atom stereocenters. The number of phenolic OH excluding ortho intramolecular Hbond substituents is 1. The van der Waals surface area contributed by atoms with Gasteiger partial charge >= 0.3 is 11.8 Å². The van der Waals surface area contributed by atoms with E-state index in [4.69, 9.17) is 0 Å². The van der Waals surface area contributed by atoms with Gasteiger partial charge < -0.3 is 15.7 Å². The van der Waals surface area contributed by atoms with Gasteiger partial charge in [0.05, 0.1) is 0 Å². The average Bonchev–Trinajstić information content (AvgIpc) is 2.47. The Kier molecular flexibility index (Phi) is 5.08. The zero-order valence-electron chi connectivity index (χ0n) is 11.7. The molecule has 0 radical (unpaired) electrons. The zero-order valence-corrected chi connectivity index (χ0v) is 11.7. The Labute approximate surface area is 126 Å². The van der Waals surface area contributed by atoms with Gasteiger partial charge in [0.2, 0.25) is 0 Å². The van der Waals surface area contributed by atoms with E-state index in [0.29, 0.717) is 6.42 Å². The van der Waals surface area contributed by atoms with Gasteiger partial charge in [-0.15, -0.1) is 0 Å². The molecule has 0 saturated carbocycles. The Morgan fingerprint density at radius 2 is 1.82 bits per heavy atom. The number of phenols is 1. The number of hydrogen-bond donors (Lipinski definition) is 3. The molecule has 0 fully saturated rings. The van der Waals surface area contributed by atoms with Crippen molar-refractivity contribution in [2.45, 2.75) is 6.42 Å². The molecule has 2 amide bonds. The topological polar surface area (TPSA) is 78.4 Å². The van der Waals surface area contributed by atoms with Crippen LogP contribution in [0.2, 0.25) is 0 Å². The van der Waals surface area contributed by atoms with Gasteiger partial charge in [-0.3, -0.25) is 9.59 Å². The lowest BCUT2D eigenvalue weighted by Crippen LogP contribution is -2.36. The third-order valence-corrected chi connectivity index (χ3v) is 2.90. The number of carbonyl (C=O) groups is 2. The maximum atomic E-state index is 13.0. The van der Waals surface area contributed by atoms with Crippen molar-refractivity contribution in [1.29, 1.82) is 0 Å². The molecule has 0 aliphatic carbocycles. The lowest BCUT2D eigenvalue weighted by atomic mass is 10.1. The molecule has 0 aliphatic rings. The van der Waals surface area contributed by atoms with Gasteiger partial charge in [-0.2, -0.15) is 0 Å². The number of carbonyl (C=O) groups excluding carboxylic acids is 2. The highest BCUT2D eigenvalue weighted by atomic mass is 19.1. The first-order valence-electron chi connectivity index (χ1n) is 6.67. The molecular formula is C16H15FN2O3. The van der Waals surface area contributed by atoms with E-state index in [0.717, 1.165) is 11.6 Å². The summed E-state index contributed by atoms with van der Waals surface area (Å²) in [4.78, 5) is 23.3. The fraction of sp³-hybridized carbons (Fsp3) is 0.125. The van der Waals surface area contributed by atoms with Crippen molar-refractivity contribution in [3.05, 3.63) is 59.9 Å². The molecule has 2 rings (SSSR count). The molecule has 114 valence electrons. The maximum absolute atomic E-state index is 13.0. The molecule has 0 saturated heterocycles. The number of amides is 2. The minimum atomic E-state index is -0.860. The number of anilines is 1. The molecule has 0 unspecified atom stereocenters. The van der Waals surface area contributed by atoms with Crippen molar-refractivity contribution in [2.24, 2.45) is 0 Å². The Balaban J connectivity index is 1.80. The van der Waals surface area contributed by atoms with Gasteiger partial charge in [0, 0.05) is 12.2 Å². The number of hydrogen-bond acceptors (Lipinski definition) is 3. The largest absolute Gasteiger partial charge is 0.508 e. The maximum Gasteiger partial charge on any atom is 0.313 e. The van der Waals surface area contributed by atoms with Crippen LogP contribution in [0.3, 0.4) is 0 Å². The van der Waals surface area contributed by atoms with E-state index in [1.54, 1.807) is 24.3 Å². The van der Waals surface area contributed by atoms with Crippen LogP contribution in [0.1, 0.15) is 5.56 Å². The molecule has 0 bridgehead atoms. The van der Waals surface area contributed by atoms with Crippen molar-refractivity contribution in [3.8, 4) is 5.75 Å². The Bertz CT molecular complexity index is 689. The summed E-state index contributed by atoms with van der Waals surface area (Å²) >= 11 is 0. The highest BCUT2D eigenvalue weighted by molar-refractivity contribution is 6.39. The van der Waals surface area contributed by atoms with Crippen LogP contribution in [-0.4, -0.2) is 23.5 Å². The van der Waals surface area contributed by atoms with Gasteiger partial charge in [0.15, 0.2) is 0 Å². The average molecular weight is 302 g/mol. The van der Waals surface area contributed by atoms with Gasteiger partial charge in [0.25, 0.3) is 0 Å². The second-order valence-corrected chi connectivity index (χ2v) is 4.64. The molecule has 22 heavy (non-hydrogen) atoms. The Hall–Kier alpha value is -2.89. The van der Waals surface area contributed by atoms with Crippen molar-refractivity contribution in [1.82, 2.24) is 5.32 Å². The molecule has 2 aromatic carbocycles. The van der Waals surface area contributed by atoms with Crippen LogP contribution in [-0.2, 0) is 16.0 Å². The van der Waals surface area contributed by atoms with E-state index in [1.165, 1.54) is 18.2 Å². The van der Waals surface area contributed by atoms with Gasteiger partial charge in [-0.1, -0.05) is 18.2 Å². The highest BCUT2D eigenvalue weighted by Gasteiger charge is 2.13. The molecule has 3 N–H and O–H groups in total. The van der Waals surface area contributed by atoms with Crippen LogP contribution in [0.15, 0.2) is 48.5 Å². The van der Waals surface area contributed by atoms with Crippen molar-refractivity contribution >= 4 is 17.5 Å². The summed E-state index contributed by atoms with van der Waals surface area (Å²) in [6, 6.07) is 11.9. The van der Waals surface area contributed by atoms with Crippen LogP contribution in [0.25, 0.3) is 0 Å². The molecule has 0 aliphatic heterocycles. The van der Waals surface area contributed by atoms with E-state index in [-0.39, 0.29) is 18.0 Å². The molecule has 0 heterocycles. The summed E-state index contributed by atoms with van der Waals surface area (Å²) < 4.78 is 13.0. The van der Waals surface area contributed by atoms with Crippen molar-refractivity contribution in [3.63, 3.8) is 0 Å². The summed E-state index contributed by atoms with van der Waals surface area (Å²) in [5.41, 5.74) is 1.05. The molecule has 6 heteroatoms. The summed E-state index contributed by atoms with van der Waals surface area (Å²) in [6.45, 7) is 0.249. The van der Waals surface area contributed by atoms with E-state index in [2.05, 4.69) is 10.6 Å². The Morgan fingerprint density at radius 3 is 2.55 bits per heavy atom. The number of aromatic hydroxyl groups is 1. The fourth-order valence-electron chi connectivity index (χ4n) is 1.87. The van der Waals surface area contributed by atoms with Crippen LogP contribution in [0.5, 0.6) is 5.75 Å². The molecule has 0 spiro atoms. The first-order valence-corrected chi connectivity index (χ1v) is 6.67. The van der Waals surface area contributed by atoms with Gasteiger partial charge in [0.1, 0.15) is 11.6 Å². The van der Waals surface area contributed by atoms with E-state index in [9.17, 15) is 19.1 Å². The summed E-state index contributed by atoms with van der Waals surface area (Å²) in [5, 5.41) is 14.1. The van der Waals surface area contributed by atoms with Crippen LogP contribution >= 0.6 is 0 Å². The molecule has 5 nitrogen and oxygen atoms in total. The monoisotopic (exact) mass is 302 g/mol. The minimum absolute atomic E-state index is 0.146. The standard InChI is InChI=1S/C16H15FN2O3/c17-12-4-2-5-13(10-12)19-16(22)15(21)18-8-7-11-3-1-6-14(20)9-11/h1-6,9-10,20H,7-8H2,(H,18,21)(H,19,22). The second kappa shape index (κ2) is 7.21. The fourth-order valence-corrected chi connectivity index (χ4v) is 1.87. The molecular weight excluding hydrogens is 287 g/mol. The Morgan fingerprint density at radius 1 is 1.05 bits per heavy atom. The minimum Gasteiger partial charge on any atom is -0.508 e. The van der Waals surface area contributed by atoms with Crippen molar-refractivity contribution in [2.75, 3.05) is 11.9 Å². The van der Waals surface area contributed by atoms with Crippen molar-refractivity contribution < 1.29 is 19.1 Å². The molecule has 0 aromatic heterocycles. The molecule has 2 aromatic rings. The van der Waals surface area contributed by atoms with Gasteiger partial charge in [-0.25, -0.2) is 4.39 Å². The predicted octanol–water partition coefficient (Wildman–Crippen LogP) is 1.83. The predicted molar refractivity (Wildman–Crippen MR) is 79.9 cm³/mol. The van der Waals surface area contributed by atoms with E-state index < -0.39 is 17.6 Å². The number of halogens is 1. The zero-order chi connectivity index (χ0) is 15.9. The lowest BCUT2D eigenvalue weighted by molar-refractivity contribution is -0.136. The lowest BCUT2D eigenvalue weighted by Gasteiger charge is -2.07. The third kappa shape index (κ3) is 4.59. The SMILES string of the molecule is O=C(NCCc1cccc(O)c1)C(=O)Nc1cccc(F)c1. The summed E-state index contributed by atoms with van der Waals surface area (Å²) in [5.74, 6) is -2.01. The number of benzene rings is 2. The second-order valence-electron chi connectivity index (χ2n) is 4.64. The van der Waals surface area contributed by atoms with Crippen LogP contribution < -0.4 is 10.6 Å². The first-order chi connectivity index (χ1) is 10.5. The van der Waals surface area contributed by atoms with Crippen LogP contribution in [0, 0.1) is 5.82 Å². The first kappa shape index (κ1) is 15.5. The highest BCUT2D eigenvalue weighted by Crippen LogP contribution is 2.11.